The summed E-state index contributed by atoms with van der Waals surface area (Å²) in [5.74, 6) is -1.10. The summed E-state index contributed by atoms with van der Waals surface area (Å²) in [5, 5.41) is 8.94. The van der Waals surface area contributed by atoms with Crippen LogP contribution in [0, 0.1) is 0 Å². The minimum Gasteiger partial charge on any atom is -0.478 e. The lowest BCUT2D eigenvalue weighted by Crippen LogP contribution is -2.53. The molecule has 1 unspecified atom stereocenters. The maximum absolute atomic E-state index is 12.9. The maximum atomic E-state index is 12.9. The highest BCUT2D eigenvalue weighted by molar-refractivity contribution is 5.99. The Kier molecular flexibility index (Phi) is 6.09. The minimum atomic E-state index is -0.971. The fourth-order valence-electron chi connectivity index (χ4n) is 3.50. The first-order chi connectivity index (χ1) is 13.5. The molecule has 0 spiro atoms. The predicted octanol–water partition coefficient (Wildman–Crippen LogP) is 2.97. The highest BCUT2D eigenvalue weighted by Crippen LogP contribution is 2.23. The first kappa shape index (κ1) is 19.6. The monoisotopic (exact) mass is 380 g/mol. The number of aromatic carboxylic acids is 1. The van der Waals surface area contributed by atoms with Gasteiger partial charge in [-0.3, -0.25) is 9.59 Å². The molecule has 0 aromatic heterocycles. The zero-order chi connectivity index (χ0) is 20.1. The normalized spacial score (nSPS) is 16.7. The molecule has 1 atom stereocenters. The molecule has 1 saturated heterocycles. The Morgan fingerprint density at radius 1 is 1.11 bits per heavy atom. The number of carbonyl (C=O) groups is 3. The van der Waals surface area contributed by atoms with E-state index in [4.69, 9.17) is 5.11 Å². The topological polar surface area (TPSA) is 77.9 Å². The Morgan fingerprint density at radius 3 is 2.43 bits per heavy atom. The second-order valence-electron chi connectivity index (χ2n) is 6.99. The summed E-state index contributed by atoms with van der Waals surface area (Å²) in [6, 6.07) is 15.6. The lowest BCUT2D eigenvalue weighted by Gasteiger charge is -2.37. The number of para-hydroxylation sites is 1. The molecule has 6 heteroatoms. The van der Waals surface area contributed by atoms with E-state index in [1.165, 1.54) is 12.1 Å². The van der Waals surface area contributed by atoms with E-state index in [-0.39, 0.29) is 23.8 Å². The SMILES string of the molecule is CN(C(=O)CCc1ccc(C(=O)O)cc1)C1CCCN(c2ccccc2)C1=O. The van der Waals surface area contributed by atoms with Crippen molar-refractivity contribution in [2.45, 2.75) is 31.7 Å². The molecule has 28 heavy (non-hydrogen) atoms. The van der Waals surface area contributed by atoms with Crippen LogP contribution >= 0.6 is 0 Å². The third-order valence-corrected chi connectivity index (χ3v) is 5.17. The van der Waals surface area contributed by atoms with Crippen molar-refractivity contribution in [3.05, 3.63) is 65.7 Å². The summed E-state index contributed by atoms with van der Waals surface area (Å²) in [6.07, 6.45) is 2.29. The van der Waals surface area contributed by atoms with Gasteiger partial charge in [0.1, 0.15) is 6.04 Å². The molecule has 3 rings (SSSR count). The van der Waals surface area contributed by atoms with Gasteiger partial charge in [-0.1, -0.05) is 30.3 Å². The number of piperidine rings is 1. The summed E-state index contributed by atoms with van der Waals surface area (Å²) >= 11 is 0. The summed E-state index contributed by atoms with van der Waals surface area (Å²) in [4.78, 5) is 39.8. The lowest BCUT2D eigenvalue weighted by atomic mass is 10.0. The van der Waals surface area contributed by atoms with Gasteiger partial charge in [-0.25, -0.2) is 4.79 Å². The number of nitrogens with zero attached hydrogens (tertiary/aromatic N) is 2. The molecule has 2 aromatic carbocycles. The van der Waals surface area contributed by atoms with E-state index < -0.39 is 12.0 Å². The number of aryl methyl sites for hydroxylation is 1. The van der Waals surface area contributed by atoms with Crippen LogP contribution in [0.15, 0.2) is 54.6 Å². The number of benzene rings is 2. The molecule has 0 bridgehead atoms. The lowest BCUT2D eigenvalue weighted by molar-refractivity contribution is -0.138. The van der Waals surface area contributed by atoms with Crippen LogP contribution in [0.3, 0.4) is 0 Å². The molecule has 2 aromatic rings. The van der Waals surface area contributed by atoms with Crippen molar-refractivity contribution in [3.8, 4) is 0 Å². The van der Waals surface area contributed by atoms with Crippen LogP contribution in [0.4, 0.5) is 5.69 Å². The van der Waals surface area contributed by atoms with Gasteiger partial charge in [-0.2, -0.15) is 0 Å². The van der Waals surface area contributed by atoms with Crippen molar-refractivity contribution < 1.29 is 19.5 Å². The standard InChI is InChI=1S/C22H24N2O4/c1-23(20(25)14-11-16-9-12-17(13-10-16)22(27)28)19-8-5-15-24(21(19)26)18-6-3-2-4-7-18/h2-4,6-7,9-10,12-13,19H,5,8,11,14-15H2,1H3,(H,27,28). The van der Waals surface area contributed by atoms with Crippen molar-refractivity contribution in [1.82, 2.24) is 4.90 Å². The Hall–Kier alpha value is -3.15. The van der Waals surface area contributed by atoms with Crippen LogP contribution in [0.25, 0.3) is 0 Å². The number of amides is 2. The van der Waals surface area contributed by atoms with Gasteiger partial charge in [0.15, 0.2) is 0 Å². The van der Waals surface area contributed by atoms with E-state index in [1.807, 2.05) is 30.3 Å². The van der Waals surface area contributed by atoms with Crippen molar-refractivity contribution >= 4 is 23.5 Å². The third-order valence-electron chi connectivity index (χ3n) is 5.17. The van der Waals surface area contributed by atoms with Crippen molar-refractivity contribution in [2.24, 2.45) is 0 Å². The largest absolute Gasteiger partial charge is 0.478 e. The van der Waals surface area contributed by atoms with Gasteiger partial charge in [0, 0.05) is 25.7 Å². The number of anilines is 1. The zero-order valence-electron chi connectivity index (χ0n) is 15.9. The summed E-state index contributed by atoms with van der Waals surface area (Å²) < 4.78 is 0. The fraction of sp³-hybridized carbons (Fsp3) is 0.318. The van der Waals surface area contributed by atoms with Gasteiger partial charge in [0.2, 0.25) is 11.8 Å². The highest BCUT2D eigenvalue weighted by atomic mass is 16.4. The second kappa shape index (κ2) is 8.69. The molecule has 1 aliphatic rings. The highest BCUT2D eigenvalue weighted by Gasteiger charge is 2.34. The van der Waals surface area contributed by atoms with Crippen LogP contribution in [-0.2, 0) is 16.0 Å². The zero-order valence-corrected chi connectivity index (χ0v) is 15.9. The molecule has 1 aliphatic heterocycles. The minimum absolute atomic E-state index is 0.0425. The van der Waals surface area contributed by atoms with Crippen LogP contribution < -0.4 is 4.90 Å². The Labute approximate surface area is 164 Å². The van der Waals surface area contributed by atoms with Gasteiger partial charge >= 0.3 is 5.97 Å². The molecule has 0 aliphatic carbocycles. The van der Waals surface area contributed by atoms with E-state index in [1.54, 1.807) is 29.0 Å². The summed E-state index contributed by atoms with van der Waals surface area (Å²) in [6.45, 7) is 0.664. The Bertz CT molecular complexity index is 849. The predicted molar refractivity (Wildman–Crippen MR) is 106 cm³/mol. The van der Waals surface area contributed by atoms with Crippen molar-refractivity contribution in [2.75, 3.05) is 18.5 Å². The first-order valence-corrected chi connectivity index (χ1v) is 9.41. The first-order valence-electron chi connectivity index (χ1n) is 9.41. The molecule has 0 radical (unpaired) electrons. The number of rotatable bonds is 6. The Balaban J connectivity index is 1.60. The fourth-order valence-corrected chi connectivity index (χ4v) is 3.50. The van der Waals surface area contributed by atoms with Crippen LogP contribution in [0.1, 0.15) is 35.2 Å². The number of carbonyl (C=O) groups excluding carboxylic acids is 2. The number of likely N-dealkylation sites (N-methyl/N-ethyl adjacent to an activating group) is 1. The third kappa shape index (κ3) is 4.39. The number of carboxylic acids is 1. The number of hydrogen-bond donors (Lipinski definition) is 1. The van der Waals surface area contributed by atoms with Gasteiger partial charge < -0.3 is 14.9 Å². The van der Waals surface area contributed by atoms with E-state index in [0.29, 0.717) is 19.4 Å². The van der Waals surface area contributed by atoms with Crippen molar-refractivity contribution in [3.63, 3.8) is 0 Å². The van der Waals surface area contributed by atoms with Gasteiger partial charge in [0.25, 0.3) is 0 Å². The van der Waals surface area contributed by atoms with Crippen LogP contribution in [0.2, 0.25) is 0 Å². The maximum Gasteiger partial charge on any atom is 0.335 e. The van der Waals surface area contributed by atoms with Gasteiger partial charge in [-0.15, -0.1) is 0 Å². The molecule has 0 saturated carbocycles. The molecular formula is C22H24N2O4. The second-order valence-corrected chi connectivity index (χ2v) is 6.99. The summed E-state index contributed by atoms with van der Waals surface area (Å²) in [5.41, 5.74) is 1.98. The summed E-state index contributed by atoms with van der Waals surface area (Å²) in [7, 11) is 1.69. The average Bonchev–Trinajstić information content (AvgIpc) is 2.72. The molecule has 1 fully saturated rings. The molecule has 1 N–H and O–H groups in total. The number of hydrogen-bond acceptors (Lipinski definition) is 3. The van der Waals surface area contributed by atoms with E-state index in [2.05, 4.69) is 0 Å². The molecule has 146 valence electrons. The van der Waals surface area contributed by atoms with Crippen LogP contribution in [0.5, 0.6) is 0 Å². The Morgan fingerprint density at radius 2 is 1.79 bits per heavy atom. The molecule has 6 nitrogen and oxygen atoms in total. The molecule has 2 amide bonds. The van der Waals surface area contributed by atoms with Gasteiger partial charge in [0.05, 0.1) is 5.56 Å². The van der Waals surface area contributed by atoms with E-state index >= 15 is 0 Å². The van der Waals surface area contributed by atoms with E-state index in [0.717, 1.165) is 17.7 Å². The smallest absolute Gasteiger partial charge is 0.335 e. The van der Waals surface area contributed by atoms with Crippen molar-refractivity contribution in [1.29, 1.82) is 0 Å². The number of carboxylic acid groups (broad SMARTS) is 1. The average molecular weight is 380 g/mol. The van der Waals surface area contributed by atoms with Crippen LogP contribution in [-0.4, -0.2) is 47.4 Å². The molecule has 1 heterocycles. The van der Waals surface area contributed by atoms with E-state index in [9.17, 15) is 14.4 Å². The quantitative estimate of drug-likeness (QED) is 0.836. The van der Waals surface area contributed by atoms with Gasteiger partial charge in [-0.05, 0) is 49.1 Å². The molecular weight excluding hydrogens is 356 g/mol.